The Kier molecular flexibility index (Phi) is 6.14. The van der Waals surface area contributed by atoms with E-state index in [2.05, 4.69) is 4.72 Å². The third-order valence-electron chi connectivity index (χ3n) is 2.80. The number of ether oxygens (including phenoxy) is 1. The van der Waals surface area contributed by atoms with Crippen molar-refractivity contribution in [3.05, 3.63) is 52.4 Å². The molecule has 1 heterocycles. The number of aliphatic hydroxyl groups excluding tert-OH is 1. The van der Waals surface area contributed by atoms with Crippen LogP contribution < -0.4 is 4.72 Å². The van der Waals surface area contributed by atoms with Crippen molar-refractivity contribution in [1.82, 2.24) is 4.72 Å². The molecule has 0 aliphatic heterocycles. The Morgan fingerprint density at radius 1 is 1.26 bits per heavy atom. The van der Waals surface area contributed by atoms with E-state index in [0.717, 1.165) is 16.9 Å². The molecule has 2 aromatic rings. The number of thiophene rings is 1. The molecule has 0 bridgehead atoms. The zero-order valence-electron chi connectivity index (χ0n) is 11.8. The third-order valence-corrected chi connectivity index (χ3v) is 6.00. The van der Waals surface area contributed by atoms with Crippen LogP contribution >= 0.6 is 22.9 Å². The number of benzene rings is 1. The number of hydrogen-bond donors (Lipinski definition) is 2. The van der Waals surface area contributed by atoms with Crippen molar-refractivity contribution in [1.29, 1.82) is 0 Å². The van der Waals surface area contributed by atoms with Gasteiger partial charge in [-0.1, -0.05) is 41.9 Å². The van der Waals surface area contributed by atoms with Crippen molar-refractivity contribution < 1.29 is 23.1 Å². The fourth-order valence-corrected chi connectivity index (χ4v) is 4.35. The highest BCUT2D eigenvalue weighted by molar-refractivity contribution is 7.91. The summed E-state index contributed by atoms with van der Waals surface area (Å²) in [6, 6.07) is 10.3. The average Bonchev–Trinajstić information content (AvgIpc) is 2.99. The summed E-state index contributed by atoms with van der Waals surface area (Å²) in [5, 5.41) is 9.26. The summed E-state index contributed by atoms with van der Waals surface area (Å²) in [7, 11) is -3.96. The number of carbonyl (C=O) groups is 1. The Morgan fingerprint density at radius 2 is 1.96 bits per heavy atom. The summed E-state index contributed by atoms with van der Waals surface area (Å²) in [6.07, 6.45) is 0. The Labute approximate surface area is 142 Å². The number of sulfonamides is 1. The van der Waals surface area contributed by atoms with Gasteiger partial charge in [0.25, 0.3) is 10.0 Å². The maximum atomic E-state index is 12.1. The predicted octanol–water partition coefficient (Wildman–Crippen LogP) is 1.78. The summed E-state index contributed by atoms with van der Waals surface area (Å²) >= 11 is 6.55. The van der Waals surface area contributed by atoms with Crippen molar-refractivity contribution in [2.45, 2.75) is 16.9 Å². The predicted molar refractivity (Wildman–Crippen MR) is 86.8 cm³/mol. The number of rotatable bonds is 7. The van der Waals surface area contributed by atoms with Crippen LogP contribution in [0.4, 0.5) is 0 Å². The van der Waals surface area contributed by atoms with E-state index in [-0.39, 0.29) is 10.8 Å². The molecule has 9 heteroatoms. The normalized spacial score (nSPS) is 12.8. The number of halogens is 1. The molecule has 2 rings (SSSR count). The van der Waals surface area contributed by atoms with E-state index in [9.17, 15) is 18.3 Å². The molecule has 23 heavy (non-hydrogen) atoms. The van der Waals surface area contributed by atoms with Gasteiger partial charge in [-0.3, -0.25) is 4.79 Å². The Balaban J connectivity index is 2.00. The van der Waals surface area contributed by atoms with Crippen LogP contribution in [0.5, 0.6) is 0 Å². The van der Waals surface area contributed by atoms with Crippen molar-refractivity contribution in [3.8, 4) is 0 Å². The molecule has 0 aliphatic carbocycles. The van der Waals surface area contributed by atoms with Gasteiger partial charge >= 0.3 is 5.97 Å². The lowest BCUT2D eigenvalue weighted by atomic mass is 10.2. The smallest absolute Gasteiger partial charge is 0.326 e. The quantitative estimate of drug-likeness (QED) is 0.719. The van der Waals surface area contributed by atoms with Crippen LogP contribution in [0.15, 0.2) is 46.7 Å². The van der Waals surface area contributed by atoms with E-state index in [1.54, 1.807) is 24.3 Å². The molecular formula is C14H14ClNO5S2. The van der Waals surface area contributed by atoms with Crippen molar-refractivity contribution in [2.24, 2.45) is 0 Å². The second-order valence-corrected chi connectivity index (χ2v) is 8.16. The monoisotopic (exact) mass is 375 g/mol. The van der Waals surface area contributed by atoms with Gasteiger partial charge in [0.15, 0.2) is 0 Å². The first-order chi connectivity index (χ1) is 10.9. The molecule has 0 aliphatic rings. The molecule has 2 N–H and O–H groups in total. The van der Waals surface area contributed by atoms with Gasteiger partial charge in [0, 0.05) is 0 Å². The minimum absolute atomic E-state index is 0.0112. The van der Waals surface area contributed by atoms with Crippen molar-refractivity contribution in [3.63, 3.8) is 0 Å². The Morgan fingerprint density at radius 3 is 2.52 bits per heavy atom. The first-order valence-electron chi connectivity index (χ1n) is 6.51. The lowest BCUT2D eigenvalue weighted by Crippen LogP contribution is -2.44. The van der Waals surface area contributed by atoms with Gasteiger partial charge in [0.2, 0.25) is 0 Å². The van der Waals surface area contributed by atoms with E-state index in [4.69, 9.17) is 16.3 Å². The van der Waals surface area contributed by atoms with E-state index in [0.29, 0.717) is 4.34 Å². The molecule has 0 radical (unpaired) electrons. The molecule has 1 unspecified atom stereocenters. The van der Waals surface area contributed by atoms with Crippen LogP contribution in [0.25, 0.3) is 0 Å². The average molecular weight is 376 g/mol. The topological polar surface area (TPSA) is 92.7 Å². The minimum atomic E-state index is -3.96. The van der Waals surface area contributed by atoms with Gasteiger partial charge in [-0.15, -0.1) is 11.3 Å². The van der Waals surface area contributed by atoms with Gasteiger partial charge in [-0.05, 0) is 17.7 Å². The molecule has 1 atom stereocenters. The van der Waals surface area contributed by atoms with Gasteiger partial charge in [-0.2, -0.15) is 4.72 Å². The van der Waals surface area contributed by atoms with Crippen LogP contribution in [-0.2, 0) is 26.2 Å². The lowest BCUT2D eigenvalue weighted by molar-refractivity contribution is -0.148. The van der Waals surface area contributed by atoms with E-state index in [1.807, 2.05) is 6.07 Å². The Bertz CT molecular complexity index is 760. The van der Waals surface area contributed by atoms with Crippen LogP contribution in [0.3, 0.4) is 0 Å². The standard InChI is InChI=1S/C14H14ClNO5S2/c15-12-6-7-13(22-12)23(19,20)16-11(8-17)14(18)21-9-10-4-2-1-3-5-10/h1-7,11,16-17H,8-9H2. The van der Waals surface area contributed by atoms with Crippen LogP contribution in [-0.4, -0.2) is 32.1 Å². The van der Waals surface area contributed by atoms with Gasteiger partial charge in [-0.25, -0.2) is 8.42 Å². The maximum absolute atomic E-state index is 12.1. The molecule has 6 nitrogen and oxygen atoms in total. The fraction of sp³-hybridized carbons (Fsp3) is 0.214. The molecule has 0 saturated carbocycles. The highest BCUT2D eigenvalue weighted by Gasteiger charge is 2.27. The molecule has 1 aromatic carbocycles. The Hall–Kier alpha value is -1.45. The lowest BCUT2D eigenvalue weighted by Gasteiger charge is -2.15. The zero-order valence-corrected chi connectivity index (χ0v) is 14.2. The molecule has 0 fully saturated rings. The van der Waals surface area contributed by atoms with E-state index < -0.39 is 28.6 Å². The largest absolute Gasteiger partial charge is 0.460 e. The molecule has 124 valence electrons. The van der Waals surface area contributed by atoms with Crippen LogP contribution in [0, 0.1) is 0 Å². The zero-order chi connectivity index (χ0) is 16.9. The SMILES string of the molecule is O=C(OCc1ccccc1)C(CO)NS(=O)(=O)c1ccc(Cl)s1. The van der Waals surface area contributed by atoms with Crippen molar-refractivity contribution in [2.75, 3.05) is 6.61 Å². The second kappa shape index (κ2) is 7.89. The van der Waals surface area contributed by atoms with Crippen LogP contribution in [0.1, 0.15) is 5.56 Å². The summed E-state index contributed by atoms with van der Waals surface area (Å²) < 4.78 is 31.6. The summed E-state index contributed by atoms with van der Waals surface area (Å²) in [4.78, 5) is 11.9. The minimum Gasteiger partial charge on any atom is -0.460 e. The fourth-order valence-electron chi connectivity index (χ4n) is 1.68. The van der Waals surface area contributed by atoms with Crippen molar-refractivity contribution >= 4 is 38.9 Å². The highest BCUT2D eigenvalue weighted by Crippen LogP contribution is 2.25. The summed E-state index contributed by atoms with van der Waals surface area (Å²) in [5.74, 6) is -0.859. The van der Waals surface area contributed by atoms with Gasteiger partial charge in [0.05, 0.1) is 10.9 Å². The molecule has 0 saturated heterocycles. The first-order valence-corrected chi connectivity index (χ1v) is 9.19. The van der Waals surface area contributed by atoms with Gasteiger partial charge in [0.1, 0.15) is 16.9 Å². The second-order valence-electron chi connectivity index (χ2n) is 4.51. The summed E-state index contributed by atoms with van der Waals surface area (Å²) in [5.41, 5.74) is 0.755. The first kappa shape index (κ1) is 17.9. The molecule has 1 aromatic heterocycles. The third kappa shape index (κ3) is 5.02. The molecule has 0 spiro atoms. The van der Waals surface area contributed by atoms with E-state index >= 15 is 0 Å². The summed E-state index contributed by atoms with van der Waals surface area (Å²) in [6.45, 7) is -0.727. The number of esters is 1. The van der Waals surface area contributed by atoms with Gasteiger partial charge < -0.3 is 9.84 Å². The van der Waals surface area contributed by atoms with Crippen LogP contribution in [0.2, 0.25) is 4.34 Å². The maximum Gasteiger partial charge on any atom is 0.326 e. The highest BCUT2D eigenvalue weighted by atomic mass is 35.5. The number of aliphatic hydroxyl groups is 1. The molecular weight excluding hydrogens is 362 g/mol. The van der Waals surface area contributed by atoms with E-state index in [1.165, 1.54) is 12.1 Å². The molecule has 0 amide bonds. The number of carbonyl (C=O) groups excluding carboxylic acids is 1. The number of hydrogen-bond acceptors (Lipinski definition) is 6. The number of nitrogens with one attached hydrogen (secondary N) is 1.